The van der Waals surface area contributed by atoms with E-state index in [1.165, 1.54) is 4.68 Å². The second-order valence-electron chi connectivity index (χ2n) is 8.25. The Hall–Kier alpha value is -3.29. The Bertz CT molecular complexity index is 1260. The van der Waals surface area contributed by atoms with Crippen molar-refractivity contribution in [2.24, 2.45) is 0 Å². The SMILES string of the molecule is O=c1ccc(-n2c(-c3ccccc3)nc3ccccc32)nn1CCCCOC1CCCCO1. The monoisotopic (exact) mass is 444 g/mol. The lowest BCUT2D eigenvalue weighted by Crippen LogP contribution is -2.24. The van der Waals surface area contributed by atoms with E-state index in [2.05, 4.69) is 0 Å². The molecule has 1 aliphatic heterocycles. The van der Waals surface area contributed by atoms with Crippen molar-refractivity contribution in [2.75, 3.05) is 13.2 Å². The van der Waals surface area contributed by atoms with E-state index in [4.69, 9.17) is 19.6 Å². The third-order valence-electron chi connectivity index (χ3n) is 5.88. The summed E-state index contributed by atoms with van der Waals surface area (Å²) in [6, 6.07) is 21.4. The third-order valence-corrected chi connectivity index (χ3v) is 5.88. The number of rotatable bonds is 8. The molecule has 1 saturated heterocycles. The maximum Gasteiger partial charge on any atom is 0.266 e. The van der Waals surface area contributed by atoms with Gasteiger partial charge in [0.25, 0.3) is 5.56 Å². The average Bonchev–Trinajstić information content (AvgIpc) is 3.26. The average molecular weight is 445 g/mol. The number of unbranched alkanes of at least 4 members (excludes halogenated alkanes) is 1. The fourth-order valence-electron chi connectivity index (χ4n) is 4.18. The Labute approximate surface area is 192 Å². The molecule has 2 aromatic heterocycles. The largest absolute Gasteiger partial charge is 0.353 e. The predicted molar refractivity (Wildman–Crippen MR) is 127 cm³/mol. The lowest BCUT2D eigenvalue weighted by atomic mass is 10.2. The van der Waals surface area contributed by atoms with Crippen molar-refractivity contribution in [1.82, 2.24) is 19.3 Å². The van der Waals surface area contributed by atoms with E-state index < -0.39 is 0 Å². The summed E-state index contributed by atoms with van der Waals surface area (Å²) < 4.78 is 15.0. The van der Waals surface area contributed by atoms with Gasteiger partial charge in [0.15, 0.2) is 12.1 Å². The van der Waals surface area contributed by atoms with Crippen LogP contribution in [-0.2, 0) is 16.0 Å². The summed E-state index contributed by atoms with van der Waals surface area (Å²) in [6.07, 6.45) is 4.81. The molecule has 1 fully saturated rings. The molecule has 0 aliphatic carbocycles. The lowest BCUT2D eigenvalue weighted by Gasteiger charge is -2.22. The minimum absolute atomic E-state index is 0.0751. The molecular weight excluding hydrogens is 416 g/mol. The molecule has 7 heteroatoms. The Morgan fingerprint density at radius 3 is 2.67 bits per heavy atom. The van der Waals surface area contributed by atoms with Crippen LogP contribution in [-0.4, -0.2) is 38.8 Å². The summed E-state index contributed by atoms with van der Waals surface area (Å²) in [5.74, 6) is 1.48. The zero-order chi connectivity index (χ0) is 22.5. The van der Waals surface area contributed by atoms with E-state index in [9.17, 15) is 4.79 Å². The topological polar surface area (TPSA) is 71.2 Å². The second kappa shape index (κ2) is 10.1. The number of imidazole rings is 1. The maximum atomic E-state index is 12.5. The van der Waals surface area contributed by atoms with Gasteiger partial charge in [0.1, 0.15) is 5.82 Å². The molecule has 2 aromatic carbocycles. The van der Waals surface area contributed by atoms with Crippen LogP contribution in [0.4, 0.5) is 0 Å². The number of aromatic nitrogens is 4. The van der Waals surface area contributed by atoms with E-state index in [1.54, 1.807) is 12.1 Å². The number of para-hydroxylation sites is 2. The van der Waals surface area contributed by atoms with Gasteiger partial charge in [-0.1, -0.05) is 42.5 Å². The molecule has 3 heterocycles. The van der Waals surface area contributed by atoms with Crippen LogP contribution < -0.4 is 5.56 Å². The first-order valence-corrected chi connectivity index (χ1v) is 11.6. The zero-order valence-corrected chi connectivity index (χ0v) is 18.6. The summed E-state index contributed by atoms with van der Waals surface area (Å²) in [5.41, 5.74) is 2.73. The van der Waals surface area contributed by atoms with Crippen LogP contribution in [0.3, 0.4) is 0 Å². The molecule has 0 bridgehead atoms. The summed E-state index contributed by atoms with van der Waals surface area (Å²) in [7, 11) is 0. The van der Waals surface area contributed by atoms with Crippen LogP contribution in [0.15, 0.2) is 71.5 Å². The molecule has 170 valence electrons. The normalized spacial score (nSPS) is 16.3. The van der Waals surface area contributed by atoms with E-state index in [0.29, 0.717) is 19.0 Å². The lowest BCUT2D eigenvalue weighted by molar-refractivity contribution is -0.162. The van der Waals surface area contributed by atoms with Gasteiger partial charge in [-0.3, -0.25) is 9.36 Å². The highest BCUT2D eigenvalue weighted by molar-refractivity contribution is 5.82. The van der Waals surface area contributed by atoms with Crippen LogP contribution >= 0.6 is 0 Å². The first-order chi connectivity index (χ1) is 16.3. The molecule has 0 saturated carbocycles. The first kappa shape index (κ1) is 21.6. The minimum atomic E-state index is -0.110. The Morgan fingerprint density at radius 1 is 0.970 bits per heavy atom. The van der Waals surface area contributed by atoms with Gasteiger partial charge in [-0.2, -0.15) is 5.10 Å². The van der Waals surface area contributed by atoms with Gasteiger partial charge in [-0.25, -0.2) is 9.67 Å². The maximum absolute atomic E-state index is 12.5. The predicted octanol–water partition coefficient (Wildman–Crippen LogP) is 4.57. The molecule has 5 rings (SSSR count). The van der Waals surface area contributed by atoms with Crippen molar-refractivity contribution < 1.29 is 9.47 Å². The van der Waals surface area contributed by atoms with Gasteiger partial charge in [0.2, 0.25) is 0 Å². The van der Waals surface area contributed by atoms with Crippen molar-refractivity contribution in [2.45, 2.75) is 44.9 Å². The van der Waals surface area contributed by atoms with Crippen molar-refractivity contribution in [3.8, 4) is 17.2 Å². The van der Waals surface area contributed by atoms with E-state index >= 15 is 0 Å². The van der Waals surface area contributed by atoms with Crippen LogP contribution in [0.1, 0.15) is 32.1 Å². The van der Waals surface area contributed by atoms with Crippen LogP contribution in [0.2, 0.25) is 0 Å². The van der Waals surface area contributed by atoms with Gasteiger partial charge in [0.05, 0.1) is 11.0 Å². The van der Waals surface area contributed by atoms with Crippen molar-refractivity contribution >= 4 is 11.0 Å². The number of nitrogens with zero attached hydrogens (tertiary/aromatic N) is 4. The summed E-state index contributed by atoms with van der Waals surface area (Å²) in [6.45, 7) is 1.95. The standard InChI is InChI=1S/C26H28N4O3/c31-24-16-15-23(28-29(24)17-7-9-19-33-25-14-6-8-18-32-25)30-22-13-5-4-12-21(22)27-26(30)20-10-2-1-3-11-20/h1-5,10-13,15-16,25H,6-9,14,17-19H2. The van der Waals surface area contributed by atoms with Gasteiger partial charge < -0.3 is 9.47 Å². The van der Waals surface area contributed by atoms with Gasteiger partial charge >= 0.3 is 0 Å². The highest BCUT2D eigenvalue weighted by Gasteiger charge is 2.16. The molecule has 0 N–H and O–H groups in total. The molecule has 4 aromatic rings. The molecule has 1 aliphatic rings. The minimum Gasteiger partial charge on any atom is -0.353 e. The van der Waals surface area contributed by atoms with Crippen LogP contribution in [0.5, 0.6) is 0 Å². The van der Waals surface area contributed by atoms with Crippen molar-refractivity contribution in [3.63, 3.8) is 0 Å². The van der Waals surface area contributed by atoms with E-state index in [-0.39, 0.29) is 11.8 Å². The van der Waals surface area contributed by atoms with Crippen LogP contribution in [0, 0.1) is 0 Å². The summed E-state index contributed by atoms with van der Waals surface area (Å²) in [5, 5.41) is 4.70. The fourth-order valence-corrected chi connectivity index (χ4v) is 4.18. The summed E-state index contributed by atoms with van der Waals surface area (Å²) >= 11 is 0. The van der Waals surface area contributed by atoms with Gasteiger partial charge in [-0.05, 0) is 50.3 Å². The smallest absolute Gasteiger partial charge is 0.266 e. The molecule has 33 heavy (non-hydrogen) atoms. The van der Waals surface area contributed by atoms with E-state index in [0.717, 1.165) is 61.1 Å². The third kappa shape index (κ3) is 4.89. The highest BCUT2D eigenvalue weighted by Crippen LogP contribution is 2.27. The van der Waals surface area contributed by atoms with E-state index in [1.807, 2.05) is 59.2 Å². The number of benzene rings is 2. The second-order valence-corrected chi connectivity index (χ2v) is 8.25. The number of fused-ring (bicyclic) bond motifs is 1. The number of hydrogen-bond donors (Lipinski definition) is 0. The Morgan fingerprint density at radius 2 is 1.82 bits per heavy atom. The molecule has 0 radical (unpaired) electrons. The molecule has 1 unspecified atom stereocenters. The number of hydrogen-bond acceptors (Lipinski definition) is 5. The molecular formula is C26H28N4O3. The first-order valence-electron chi connectivity index (χ1n) is 11.6. The Balaban J connectivity index is 1.36. The Kier molecular flexibility index (Phi) is 6.60. The number of ether oxygens (including phenoxy) is 2. The van der Waals surface area contributed by atoms with Gasteiger partial charge in [-0.15, -0.1) is 0 Å². The zero-order valence-electron chi connectivity index (χ0n) is 18.6. The molecule has 0 spiro atoms. The summed E-state index contributed by atoms with van der Waals surface area (Å²) in [4.78, 5) is 17.3. The molecule has 0 amide bonds. The molecule has 7 nitrogen and oxygen atoms in total. The fraction of sp³-hybridized carbons (Fsp3) is 0.346. The number of aryl methyl sites for hydroxylation is 1. The highest BCUT2D eigenvalue weighted by atomic mass is 16.7. The molecule has 1 atom stereocenters. The quantitative estimate of drug-likeness (QED) is 0.372. The van der Waals surface area contributed by atoms with Gasteiger partial charge in [0, 0.05) is 31.4 Å². The van der Waals surface area contributed by atoms with Crippen molar-refractivity contribution in [1.29, 1.82) is 0 Å². The van der Waals surface area contributed by atoms with Crippen molar-refractivity contribution in [3.05, 3.63) is 77.1 Å². The van der Waals surface area contributed by atoms with Crippen LogP contribution in [0.25, 0.3) is 28.2 Å².